The molecule has 1 heterocycles. The zero-order valence-corrected chi connectivity index (χ0v) is 11.2. The lowest BCUT2D eigenvalue weighted by Crippen LogP contribution is -2.39. The Labute approximate surface area is 102 Å². The molecule has 2 fully saturated rings. The number of nitrogens with one attached hydrogen (secondary N) is 2. The third-order valence-corrected chi connectivity index (χ3v) is 6.93. The summed E-state index contributed by atoms with van der Waals surface area (Å²) in [4.78, 5) is 0. The standard InChI is InChI=1S/C9H18N2O4S2/c12-16(13)6-3-9(7-16)17(14,15)11-5-4-10-8-1-2-8/h8-11H,1-7H2. The van der Waals surface area contributed by atoms with Crippen molar-refractivity contribution in [1.29, 1.82) is 0 Å². The van der Waals surface area contributed by atoms with Gasteiger partial charge < -0.3 is 5.32 Å². The van der Waals surface area contributed by atoms with Gasteiger partial charge in [-0.1, -0.05) is 0 Å². The molecular formula is C9H18N2O4S2. The molecule has 1 aliphatic heterocycles. The predicted molar refractivity (Wildman–Crippen MR) is 65.0 cm³/mol. The largest absolute Gasteiger partial charge is 0.313 e. The van der Waals surface area contributed by atoms with Crippen molar-refractivity contribution in [2.75, 3.05) is 24.6 Å². The van der Waals surface area contributed by atoms with Crippen molar-refractivity contribution in [3.05, 3.63) is 0 Å². The number of sulfone groups is 1. The highest BCUT2D eigenvalue weighted by Crippen LogP contribution is 2.19. The molecule has 0 aromatic rings. The lowest BCUT2D eigenvalue weighted by molar-refractivity contribution is 0.563. The molecule has 0 spiro atoms. The van der Waals surface area contributed by atoms with E-state index in [-0.39, 0.29) is 17.9 Å². The minimum atomic E-state index is -3.48. The molecule has 1 atom stereocenters. The molecule has 17 heavy (non-hydrogen) atoms. The van der Waals surface area contributed by atoms with Crippen LogP contribution in [-0.4, -0.2) is 52.7 Å². The van der Waals surface area contributed by atoms with E-state index in [1.807, 2.05) is 0 Å². The number of rotatable bonds is 6. The van der Waals surface area contributed by atoms with Crippen LogP contribution < -0.4 is 10.0 Å². The third kappa shape index (κ3) is 3.90. The van der Waals surface area contributed by atoms with Crippen LogP contribution in [-0.2, 0) is 19.9 Å². The molecular weight excluding hydrogens is 264 g/mol. The molecule has 0 bridgehead atoms. The van der Waals surface area contributed by atoms with E-state index in [0.717, 1.165) is 12.8 Å². The minimum absolute atomic E-state index is 0.0150. The van der Waals surface area contributed by atoms with Crippen LogP contribution in [0.25, 0.3) is 0 Å². The molecule has 1 unspecified atom stereocenters. The van der Waals surface area contributed by atoms with E-state index in [1.165, 1.54) is 0 Å². The van der Waals surface area contributed by atoms with Gasteiger partial charge in [-0.25, -0.2) is 21.6 Å². The fraction of sp³-hybridized carbons (Fsp3) is 1.00. The van der Waals surface area contributed by atoms with Crippen molar-refractivity contribution in [2.45, 2.75) is 30.6 Å². The quantitative estimate of drug-likeness (QED) is 0.600. The van der Waals surface area contributed by atoms with Crippen LogP contribution in [0.2, 0.25) is 0 Å². The lowest BCUT2D eigenvalue weighted by atomic mass is 10.4. The highest BCUT2D eigenvalue weighted by Gasteiger charge is 2.36. The Bertz CT molecular complexity index is 467. The zero-order valence-electron chi connectivity index (χ0n) is 9.55. The fourth-order valence-electron chi connectivity index (χ4n) is 1.88. The summed E-state index contributed by atoms with van der Waals surface area (Å²) in [6.45, 7) is 0.929. The van der Waals surface area contributed by atoms with Crippen LogP contribution in [0.4, 0.5) is 0 Å². The van der Waals surface area contributed by atoms with Gasteiger partial charge >= 0.3 is 0 Å². The van der Waals surface area contributed by atoms with Gasteiger partial charge in [0.05, 0.1) is 16.8 Å². The lowest BCUT2D eigenvalue weighted by Gasteiger charge is -2.11. The third-order valence-electron chi connectivity index (χ3n) is 3.07. The van der Waals surface area contributed by atoms with Crippen LogP contribution in [0.3, 0.4) is 0 Å². The van der Waals surface area contributed by atoms with E-state index < -0.39 is 25.1 Å². The van der Waals surface area contributed by atoms with E-state index in [4.69, 9.17) is 0 Å². The van der Waals surface area contributed by atoms with Crippen molar-refractivity contribution < 1.29 is 16.8 Å². The van der Waals surface area contributed by atoms with Crippen molar-refractivity contribution in [3.63, 3.8) is 0 Å². The van der Waals surface area contributed by atoms with Crippen LogP contribution in [0, 0.1) is 0 Å². The maximum absolute atomic E-state index is 11.8. The van der Waals surface area contributed by atoms with E-state index in [9.17, 15) is 16.8 Å². The topological polar surface area (TPSA) is 92.3 Å². The van der Waals surface area contributed by atoms with E-state index in [2.05, 4.69) is 10.0 Å². The summed E-state index contributed by atoms with van der Waals surface area (Å²) in [5.41, 5.74) is 0. The zero-order chi connectivity index (χ0) is 12.5. The molecule has 1 saturated carbocycles. The van der Waals surface area contributed by atoms with Crippen molar-refractivity contribution >= 4 is 19.9 Å². The van der Waals surface area contributed by atoms with Crippen LogP contribution in [0.15, 0.2) is 0 Å². The van der Waals surface area contributed by atoms with Gasteiger partial charge in [-0.2, -0.15) is 0 Å². The molecule has 0 radical (unpaired) electrons. The van der Waals surface area contributed by atoms with E-state index in [0.29, 0.717) is 19.1 Å². The predicted octanol–water partition coefficient (Wildman–Crippen LogP) is -1.16. The Morgan fingerprint density at radius 1 is 1.12 bits per heavy atom. The van der Waals surface area contributed by atoms with Gasteiger partial charge in [0.1, 0.15) is 0 Å². The molecule has 2 aliphatic rings. The summed E-state index contributed by atoms with van der Waals surface area (Å²) >= 11 is 0. The second kappa shape index (κ2) is 4.83. The second-order valence-corrected chi connectivity index (χ2v) is 8.97. The summed E-state index contributed by atoms with van der Waals surface area (Å²) in [5, 5.41) is 2.42. The van der Waals surface area contributed by atoms with Gasteiger partial charge in [-0.3, -0.25) is 0 Å². The summed E-state index contributed by atoms with van der Waals surface area (Å²) in [7, 11) is -6.63. The van der Waals surface area contributed by atoms with Gasteiger partial charge in [0, 0.05) is 19.1 Å². The Hall–Kier alpha value is -0.180. The normalized spacial score (nSPS) is 28.4. The van der Waals surface area contributed by atoms with Gasteiger partial charge in [-0.15, -0.1) is 0 Å². The fourth-order valence-corrected chi connectivity index (χ4v) is 5.96. The number of hydrogen-bond acceptors (Lipinski definition) is 5. The average molecular weight is 282 g/mol. The molecule has 2 N–H and O–H groups in total. The van der Waals surface area contributed by atoms with Crippen LogP contribution in [0.1, 0.15) is 19.3 Å². The van der Waals surface area contributed by atoms with Gasteiger partial charge in [0.15, 0.2) is 9.84 Å². The molecule has 6 nitrogen and oxygen atoms in total. The highest BCUT2D eigenvalue weighted by atomic mass is 32.2. The van der Waals surface area contributed by atoms with Gasteiger partial charge in [0.25, 0.3) is 0 Å². The van der Waals surface area contributed by atoms with E-state index in [1.54, 1.807) is 0 Å². The highest BCUT2D eigenvalue weighted by molar-refractivity contribution is 7.95. The Morgan fingerprint density at radius 3 is 2.35 bits per heavy atom. The molecule has 100 valence electrons. The summed E-state index contributed by atoms with van der Waals surface area (Å²) in [5.74, 6) is -0.253. The molecule has 0 aromatic heterocycles. The number of sulfonamides is 1. The van der Waals surface area contributed by atoms with Crippen LogP contribution >= 0.6 is 0 Å². The molecule has 0 amide bonds. The molecule has 8 heteroatoms. The maximum Gasteiger partial charge on any atom is 0.215 e. The Kier molecular flexibility index (Phi) is 3.77. The molecule has 2 rings (SSSR count). The SMILES string of the molecule is O=S1(=O)CCC(S(=O)(=O)NCCNC2CC2)C1. The first kappa shape index (κ1) is 13.3. The molecule has 0 aromatic carbocycles. The van der Waals surface area contributed by atoms with Crippen molar-refractivity contribution in [3.8, 4) is 0 Å². The van der Waals surface area contributed by atoms with Crippen molar-refractivity contribution in [2.24, 2.45) is 0 Å². The summed E-state index contributed by atoms with van der Waals surface area (Å²) in [6.07, 6.45) is 2.54. The molecule has 1 saturated heterocycles. The second-order valence-electron chi connectivity index (χ2n) is 4.69. The van der Waals surface area contributed by atoms with Gasteiger partial charge in [-0.05, 0) is 19.3 Å². The minimum Gasteiger partial charge on any atom is -0.313 e. The molecule has 1 aliphatic carbocycles. The Morgan fingerprint density at radius 2 is 1.82 bits per heavy atom. The first-order chi connectivity index (χ1) is 7.89. The number of hydrogen-bond donors (Lipinski definition) is 2. The van der Waals surface area contributed by atoms with Gasteiger partial charge in [0.2, 0.25) is 10.0 Å². The van der Waals surface area contributed by atoms with Crippen LogP contribution in [0.5, 0.6) is 0 Å². The Balaban J connectivity index is 1.77. The smallest absolute Gasteiger partial charge is 0.215 e. The summed E-state index contributed by atoms with van der Waals surface area (Å²) in [6, 6.07) is 0.548. The average Bonchev–Trinajstić information content (AvgIpc) is 2.97. The van der Waals surface area contributed by atoms with Crippen molar-refractivity contribution in [1.82, 2.24) is 10.0 Å². The first-order valence-electron chi connectivity index (χ1n) is 5.81. The summed E-state index contributed by atoms with van der Waals surface area (Å²) < 4.78 is 48.4. The monoisotopic (exact) mass is 282 g/mol. The first-order valence-corrected chi connectivity index (χ1v) is 9.18. The maximum atomic E-state index is 11.8. The van der Waals surface area contributed by atoms with E-state index >= 15 is 0 Å².